The van der Waals surface area contributed by atoms with Gasteiger partial charge in [0, 0.05) is 0 Å². The topological polar surface area (TPSA) is 52.6 Å². The van der Waals surface area contributed by atoms with E-state index in [1.54, 1.807) is 0 Å². The van der Waals surface area contributed by atoms with E-state index in [-0.39, 0.29) is 35.6 Å². The first-order chi connectivity index (χ1) is 14.0. The van der Waals surface area contributed by atoms with Crippen LogP contribution in [0.1, 0.15) is 85.5 Å². The summed E-state index contributed by atoms with van der Waals surface area (Å²) in [6.07, 6.45) is 14.0. The van der Waals surface area contributed by atoms with Gasteiger partial charge in [-0.15, -0.1) is 0 Å². The minimum absolute atomic E-state index is 0.128. The van der Waals surface area contributed by atoms with Crippen molar-refractivity contribution in [2.24, 2.45) is 35.5 Å². The lowest BCUT2D eigenvalue weighted by molar-refractivity contribution is -0.163. The van der Waals surface area contributed by atoms with Gasteiger partial charge in [-0.3, -0.25) is 9.59 Å². The van der Waals surface area contributed by atoms with E-state index in [2.05, 4.69) is 39.8 Å². The molecule has 2 rings (SSSR count). The molecule has 4 nitrogen and oxygen atoms in total. The summed E-state index contributed by atoms with van der Waals surface area (Å²) in [7, 11) is 0. The highest BCUT2D eigenvalue weighted by atomic mass is 16.5. The van der Waals surface area contributed by atoms with Gasteiger partial charge in [-0.25, -0.2) is 0 Å². The molecule has 0 aliphatic heterocycles. The number of carbonyl (C=O) groups is 2. The Hall–Kier alpha value is -1.32. The molecule has 0 heterocycles. The Morgan fingerprint density at radius 3 is 1.55 bits per heavy atom. The van der Waals surface area contributed by atoms with Gasteiger partial charge in [0.2, 0.25) is 0 Å². The summed E-state index contributed by atoms with van der Waals surface area (Å²) in [5.41, 5.74) is 0. The summed E-state index contributed by atoms with van der Waals surface area (Å²) in [6, 6.07) is 0. The van der Waals surface area contributed by atoms with Gasteiger partial charge in [0.15, 0.2) is 0 Å². The van der Waals surface area contributed by atoms with Crippen LogP contribution in [0.15, 0.2) is 12.2 Å². The third-order valence-electron chi connectivity index (χ3n) is 7.01. The molecule has 1 fully saturated rings. The van der Waals surface area contributed by atoms with Gasteiger partial charge in [0.25, 0.3) is 0 Å². The lowest BCUT2D eigenvalue weighted by Gasteiger charge is -2.26. The molecule has 2 aliphatic carbocycles. The van der Waals surface area contributed by atoms with Crippen molar-refractivity contribution in [3.05, 3.63) is 12.2 Å². The summed E-state index contributed by atoms with van der Waals surface area (Å²) in [4.78, 5) is 25.8. The van der Waals surface area contributed by atoms with E-state index in [1.165, 1.54) is 12.8 Å². The molecule has 0 aromatic rings. The SMILES string of the molecule is CCCCC(CC)COC(=O)[C@@H]1[C@H](C(=O)OCC(CC)CCCC)[C@H]2C=C[C@@H]1C2. The third kappa shape index (κ3) is 6.58. The van der Waals surface area contributed by atoms with E-state index in [9.17, 15) is 9.59 Å². The smallest absolute Gasteiger partial charge is 0.310 e. The van der Waals surface area contributed by atoms with Crippen molar-refractivity contribution in [1.29, 1.82) is 0 Å². The zero-order valence-corrected chi connectivity index (χ0v) is 19.0. The van der Waals surface area contributed by atoms with Gasteiger partial charge in [-0.05, 0) is 42.9 Å². The third-order valence-corrected chi connectivity index (χ3v) is 7.01. The lowest BCUT2D eigenvalue weighted by atomic mass is 9.83. The Bertz CT molecular complexity index is 495. The number of hydrogen-bond donors (Lipinski definition) is 0. The zero-order chi connectivity index (χ0) is 21.2. The summed E-state index contributed by atoms with van der Waals surface area (Å²) < 4.78 is 11.5. The van der Waals surface area contributed by atoms with Crippen molar-refractivity contribution < 1.29 is 19.1 Å². The molecule has 2 bridgehead atoms. The Morgan fingerprint density at radius 2 is 1.21 bits per heavy atom. The van der Waals surface area contributed by atoms with E-state index in [0.717, 1.165) is 44.9 Å². The standard InChI is InChI=1S/C25H42O4/c1-5-9-11-18(7-3)16-28-24(26)22-20-13-14-21(15-20)23(22)25(27)29-17-19(8-4)12-10-6-2/h13-14,18-23H,5-12,15-17H2,1-4H3/t18?,19?,20-,21+,22+,23-. The second-order valence-electron chi connectivity index (χ2n) is 9.09. The second kappa shape index (κ2) is 12.4. The number of fused-ring (bicyclic) bond motifs is 2. The number of hydrogen-bond acceptors (Lipinski definition) is 4. The van der Waals surface area contributed by atoms with Crippen LogP contribution >= 0.6 is 0 Å². The predicted octanol–water partition coefficient (Wildman–Crippen LogP) is 5.94. The molecule has 2 aliphatic rings. The fourth-order valence-electron chi connectivity index (χ4n) is 4.85. The first-order valence-corrected chi connectivity index (χ1v) is 12.1. The van der Waals surface area contributed by atoms with Crippen molar-refractivity contribution in [1.82, 2.24) is 0 Å². The first-order valence-electron chi connectivity index (χ1n) is 12.1. The summed E-state index contributed by atoms with van der Waals surface area (Å²) in [5, 5.41) is 0. The summed E-state index contributed by atoms with van der Waals surface area (Å²) in [5.74, 6) is -0.0300. The number of unbranched alkanes of at least 4 members (excludes halogenated alkanes) is 2. The predicted molar refractivity (Wildman–Crippen MR) is 116 cm³/mol. The summed E-state index contributed by atoms with van der Waals surface area (Å²) >= 11 is 0. The second-order valence-corrected chi connectivity index (χ2v) is 9.09. The minimum Gasteiger partial charge on any atom is -0.465 e. The van der Waals surface area contributed by atoms with E-state index in [0.29, 0.717) is 25.0 Å². The highest BCUT2D eigenvalue weighted by Crippen LogP contribution is 2.49. The van der Waals surface area contributed by atoms with E-state index in [4.69, 9.17) is 9.47 Å². The number of rotatable bonds is 14. The quantitative estimate of drug-likeness (QED) is 0.264. The molecule has 0 N–H and O–H groups in total. The van der Waals surface area contributed by atoms with Crippen LogP contribution in [0.5, 0.6) is 0 Å². The highest BCUT2D eigenvalue weighted by molar-refractivity contribution is 5.84. The first kappa shape index (κ1) is 24.0. The molecule has 0 aromatic heterocycles. The Balaban J connectivity index is 1.91. The van der Waals surface area contributed by atoms with Gasteiger partial charge in [0.05, 0.1) is 25.0 Å². The molecule has 0 aromatic carbocycles. The molecule has 0 saturated heterocycles. The normalized spacial score (nSPS) is 27.0. The Morgan fingerprint density at radius 1 is 0.793 bits per heavy atom. The van der Waals surface area contributed by atoms with Gasteiger partial charge < -0.3 is 9.47 Å². The van der Waals surface area contributed by atoms with Gasteiger partial charge in [0.1, 0.15) is 0 Å². The zero-order valence-electron chi connectivity index (χ0n) is 19.0. The Labute approximate surface area is 177 Å². The molecule has 0 amide bonds. The van der Waals surface area contributed by atoms with Crippen molar-refractivity contribution >= 4 is 11.9 Å². The molecule has 0 radical (unpaired) electrons. The monoisotopic (exact) mass is 406 g/mol. The van der Waals surface area contributed by atoms with Crippen LogP contribution in [0.4, 0.5) is 0 Å². The van der Waals surface area contributed by atoms with Crippen LogP contribution in [0.25, 0.3) is 0 Å². The van der Waals surface area contributed by atoms with Crippen molar-refractivity contribution in [2.75, 3.05) is 13.2 Å². The van der Waals surface area contributed by atoms with E-state index < -0.39 is 0 Å². The van der Waals surface area contributed by atoms with Gasteiger partial charge in [-0.1, -0.05) is 78.4 Å². The van der Waals surface area contributed by atoms with E-state index in [1.807, 2.05) is 0 Å². The molecule has 166 valence electrons. The maximum atomic E-state index is 12.9. The van der Waals surface area contributed by atoms with Crippen LogP contribution in [-0.2, 0) is 19.1 Å². The van der Waals surface area contributed by atoms with Crippen LogP contribution in [0.3, 0.4) is 0 Å². The molecular weight excluding hydrogens is 364 g/mol. The number of allylic oxidation sites excluding steroid dienone is 2. The lowest BCUT2D eigenvalue weighted by Crippen LogP contribution is -2.36. The van der Waals surface area contributed by atoms with E-state index >= 15 is 0 Å². The largest absolute Gasteiger partial charge is 0.465 e. The van der Waals surface area contributed by atoms with Crippen molar-refractivity contribution in [2.45, 2.75) is 85.5 Å². The Kier molecular flexibility index (Phi) is 10.2. The number of esters is 2. The van der Waals surface area contributed by atoms with Crippen molar-refractivity contribution in [3.8, 4) is 0 Å². The molecule has 6 atom stereocenters. The van der Waals surface area contributed by atoms with Gasteiger partial charge >= 0.3 is 11.9 Å². The highest BCUT2D eigenvalue weighted by Gasteiger charge is 2.53. The fraction of sp³-hybridized carbons (Fsp3) is 0.840. The number of carbonyl (C=O) groups excluding carboxylic acids is 2. The maximum Gasteiger partial charge on any atom is 0.310 e. The molecule has 29 heavy (non-hydrogen) atoms. The molecule has 0 spiro atoms. The van der Waals surface area contributed by atoms with Crippen LogP contribution in [0, 0.1) is 35.5 Å². The average molecular weight is 407 g/mol. The summed E-state index contributed by atoms with van der Waals surface area (Å²) in [6.45, 7) is 9.62. The molecule has 1 saturated carbocycles. The van der Waals surface area contributed by atoms with Crippen molar-refractivity contribution in [3.63, 3.8) is 0 Å². The maximum absolute atomic E-state index is 12.9. The fourth-order valence-corrected chi connectivity index (χ4v) is 4.85. The minimum atomic E-state index is -0.364. The molecule has 4 heteroatoms. The average Bonchev–Trinajstić information content (AvgIpc) is 3.35. The van der Waals surface area contributed by atoms with Crippen LogP contribution in [-0.4, -0.2) is 25.2 Å². The van der Waals surface area contributed by atoms with Crippen LogP contribution < -0.4 is 0 Å². The van der Waals surface area contributed by atoms with Gasteiger partial charge in [-0.2, -0.15) is 0 Å². The van der Waals surface area contributed by atoms with Crippen LogP contribution in [0.2, 0.25) is 0 Å². The molecule has 2 unspecified atom stereocenters. The molecular formula is C25H42O4. The number of ether oxygens (including phenoxy) is 2.